The fraction of sp³-hybridized carbons (Fsp3) is 0.474. The second-order valence-corrected chi connectivity index (χ2v) is 6.29. The Morgan fingerprint density at radius 1 is 1.28 bits per heavy atom. The number of aromatic nitrogens is 1. The van der Waals surface area contributed by atoms with Crippen molar-refractivity contribution in [2.24, 2.45) is 4.99 Å². The summed E-state index contributed by atoms with van der Waals surface area (Å²) in [4.78, 5) is 4.24. The molecule has 1 aromatic heterocycles. The largest absolute Gasteiger partial charge is 0.496 e. The van der Waals surface area contributed by atoms with Gasteiger partial charge in [-0.3, -0.25) is 4.99 Å². The van der Waals surface area contributed by atoms with Crippen LogP contribution in [0, 0.1) is 6.92 Å². The molecule has 0 amide bonds. The summed E-state index contributed by atoms with van der Waals surface area (Å²) in [6.07, 6.45) is 0.853. The smallest absolute Gasteiger partial charge is 0.191 e. The fourth-order valence-corrected chi connectivity index (χ4v) is 2.49. The van der Waals surface area contributed by atoms with E-state index in [1.54, 1.807) is 14.2 Å². The lowest BCUT2D eigenvalue weighted by molar-refractivity contribution is 0.372. The summed E-state index contributed by atoms with van der Waals surface area (Å²) < 4.78 is 10.7. The van der Waals surface area contributed by atoms with Gasteiger partial charge in [0.1, 0.15) is 5.75 Å². The number of benzene rings is 1. The van der Waals surface area contributed by atoms with E-state index in [0.29, 0.717) is 12.5 Å². The summed E-state index contributed by atoms with van der Waals surface area (Å²) in [5, 5.41) is 10.6. The number of guanidine groups is 1. The monoisotopic (exact) mass is 344 g/mol. The Bertz CT molecular complexity index is 707. The fourth-order valence-electron chi connectivity index (χ4n) is 2.49. The van der Waals surface area contributed by atoms with Crippen LogP contribution < -0.4 is 15.4 Å². The molecule has 2 rings (SSSR count). The van der Waals surface area contributed by atoms with Gasteiger partial charge in [-0.1, -0.05) is 36.7 Å². The van der Waals surface area contributed by atoms with Gasteiger partial charge < -0.3 is 19.9 Å². The molecule has 0 unspecified atom stereocenters. The molecule has 2 aromatic rings. The van der Waals surface area contributed by atoms with Crippen LogP contribution in [-0.2, 0) is 13.0 Å². The number of ether oxygens (including phenoxy) is 1. The standard InChI is InChI=1S/C19H28N4O2/c1-13(2)17-11-16(25-23-17)12-22-19(20-4)21-9-8-15-10-14(3)6-7-18(15)24-5/h6-7,10-11,13H,8-9,12H2,1-5H3,(H2,20,21,22). The van der Waals surface area contributed by atoms with Crippen LogP contribution >= 0.6 is 0 Å². The van der Waals surface area contributed by atoms with E-state index < -0.39 is 0 Å². The molecule has 0 fully saturated rings. The summed E-state index contributed by atoms with van der Waals surface area (Å²) in [6.45, 7) is 7.57. The molecule has 0 aliphatic rings. The molecule has 0 saturated heterocycles. The maximum Gasteiger partial charge on any atom is 0.191 e. The molecule has 0 radical (unpaired) electrons. The van der Waals surface area contributed by atoms with Gasteiger partial charge in [0.05, 0.1) is 19.3 Å². The normalized spacial score (nSPS) is 11.7. The van der Waals surface area contributed by atoms with E-state index in [0.717, 1.165) is 36.1 Å². The van der Waals surface area contributed by atoms with E-state index in [4.69, 9.17) is 9.26 Å². The van der Waals surface area contributed by atoms with Crippen molar-refractivity contribution in [3.05, 3.63) is 46.8 Å². The summed E-state index contributed by atoms with van der Waals surface area (Å²) in [5.41, 5.74) is 3.37. The highest BCUT2D eigenvalue weighted by Crippen LogP contribution is 2.19. The van der Waals surface area contributed by atoms with E-state index in [9.17, 15) is 0 Å². The van der Waals surface area contributed by atoms with Crippen molar-refractivity contribution in [3.8, 4) is 5.75 Å². The number of hydrogen-bond acceptors (Lipinski definition) is 4. The molecule has 6 heteroatoms. The molecule has 0 saturated carbocycles. The molecule has 0 atom stereocenters. The van der Waals surface area contributed by atoms with Crippen LogP contribution in [0.2, 0.25) is 0 Å². The molecule has 0 aliphatic carbocycles. The van der Waals surface area contributed by atoms with Gasteiger partial charge in [0, 0.05) is 19.7 Å². The Labute approximate surface area is 149 Å². The second kappa shape index (κ2) is 9.11. The molecule has 0 aliphatic heterocycles. The van der Waals surface area contributed by atoms with Gasteiger partial charge in [-0.05, 0) is 30.9 Å². The van der Waals surface area contributed by atoms with Gasteiger partial charge in [0.15, 0.2) is 11.7 Å². The number of rotatable bonds is 7. The number of aliphatic imine (C=N–C) groups is 1. The van der Waals surface area contributed by atoms with Crippen LogP contribution in [0.15, 0.2) is 33.8 Å². The first kappa shape index (κ1) is 18.8. The van der Waals surface area contributed by atoms with Crippen LogP contribution in [0.3, 0.4) is 0 Å². The van der Waals surface area contributed by atoms with Gasteiger partial charge in [-0.25, -0.2) is 0 Å². The zero-order chi connectivity index (χ0) is 18.2. The summed E-state index contributed by atoms with van der Waals surface area (Å²) >= 11 is 0. The minimum absolute atomic E-state index is 0.360. The Balaban J connectivity index is 1.83. The van der Waals surface area contributed by atoms with E-state index in [1.165, 1.54) is 11.1 Å². The van der Waals surface area contributed by atoms with Gasteiger partial charge in [0.25, 0.3) is 0 Å². The predicted molar refractivity (Wildman–Crippen MR) is 100 cm³/mol. The quantitative estimate of drug-likeness (QED) is 0.597. The lowest BCUT2D eigenvalue weighted by Gasteiger charge is -2.13. The Kier molecular flexibility index (Phi) is 6.86. The molecule has 2 N–H and O–H groups in total. The number of nitrogens with one attached hydrogen (secondary N) is 2. The maximum absolute atomic E-state index is 5.42. The third-order valence-corrected chi connectivity index (χ3v) is 3.95. The highest BCUT2D eigenvalue weighted by atomic mass is 16.5. The Morgan fingerprint density at radius 2 is 2.08 bits per heavy atom. The summed E-state index contributed by atoms with van der Waals surface area (Å²) in [5.74, 6) is 2.80. The predicted octanol–water partition coefficient (Wildman–Crippen LogP) is 3.02. The minimum Gasteiger partial charge on any atom is -0.496 e. The molecule has 6 nitrogen and oxygen atoms in total. The molecular weight excluding hydrogens is 316 g/mol. The van der Waals surface area contributed by atoms with E-state index in [-0.39, 0.29) is 0 Å². The molecule has 1 heterocycles. The SMILES string of the molecule is CN=C(NCCc1cc(C)ccc1OC)NCc1cc(C(C)C)no1. The molecule has 136 valence electrons. The molecule has 1 aromatic carbocycles. The first-order valence-electron chi connectivity index (χ1n) is 8.57. The van der Waals surface area contributed by atoms with Gasteiger partial charge in [0.2, 0.25) is 0 Å². The Morgan fingerprint density at radius 3 is 2.72 bits per heavy atom. The zero-order valence-corrected chi connectivity index (χ0v) is 15.7. The number of aryl methyl sites for hydroxylation is 1. The topological polar surface area (TPSA) is 71.7 Å². The number of hydrogen-bond donors (Lipinski definition) is 2. The summed E-state index contributed by atoms with van der Waals surface area (Å²) in [6, 6.07) is 8.19. The average molecular weight is 344 g/mol. The minimum atomic E-state index is 0.360. The molecule has 0 bridgehead atoms. The first-order valence-corrected chi connectivity index (χ1v) is 8.57. The van der Waals surface area contributed by atoms with Crippen LogP contribution in [0.1, 0.15) is 42.3 Å². The molecule has 25 heavy (non-hydrogen) atoms. The van der Waals surface area contributed by atoms with Crippen molar-refractivity contribution >= 4 is 5.96 Å². The van der Waals surface area contributed by atoms with Gasteiger partial charge >= 0.3 is 0 Å². The lowest BCUT2D eigenvalue weighted by Crippen LogP contribution is -2.37. The third-order valence-electron chi connectivity index (χ3n) is 3.95. The summed E-state index contributed by atoms with van der Waals surface area (Å²) in [7, 11) is 3.45. The van der Waals surface area contributed by atoms with Crippen LogP contribution in [-0.4, -0.2) is 31.8 Å². The van der Waals surface area contributed by atoms with E-state index in [2.05, 4.69) is 53.7 Å². The highest BCUT2D eigenvalue weighted by molar-refractivity contribution is 5.79. The van der Waals surface area contributed by atoms with Crippen molar-refractivity contribution in [2.45, 2.75) is 39.7 Å². The van der Waals surface area contributed by atoms with Crippen LogP contribution in [0.5, 0.6) is 5.75 Å². The van der Waals surface area contributed by atoms with E-state index in [1.807, 2.05) is 12.1 Å². The first-order chi connectivity index (χ1) is 12.0. The second-order valence-electron chi connectivity index (χ2n) is 6.29. The van der Waals surface area contributed by atoms with Crippen molar-refractivity contribution in [2.75, 3.05) is 20.7 Å². The third kappa shape index (κ3) is 5.52. The van der Waals surface area contributed by atoms with Crippen molar-refractivity contribution in [1.82, 2.24) is 15.8 Å². The lowest BCUT2D eigenvalue weighted by atomic mass is 10.1. The highest BCUT2D eigenvalue weighted by Gasteiger charge is 2.08. The molecular formula is C19H28N4O2. The van der Waals surface area contributed by atoms with Crippen LogP contribution in [0.25, 0.3) is 0 Å². The van der Waals surface area contributed by atoms with E-state index >= 15 is 0 Å². The van der Waals surface area contributed by atoms with Gasteiger partial charge in [-0.2, -0.15) is 0 Å². The number of nitrogens with zero attached hydrogens (tertiary/aromatic N) is 2. The van der Waals surface area contributed by atoms with Crippen molar-refractivity contribution < 1.29 is 9.26 Å². The zero-order valence-electron chi connectivity index (χ0n) is 15.7. The molecule has 0 spiro atoms. The Hall–Kier alpha value is -2.50. The van der Waals surface area contributed by atoms with Gasteiger partial charge in [-0.15, -0.1) is 0 Å². The average Bonchev–Trinajstić information content (AvgIpc) is 3.07. The number of methoxy groups -OCH3 is 1. The van der Waals surface area contributed by atoms with Crippen LogP contribution in [0.4, 0.5) is 0 Å². The van der Waals surface area contributed by atoms with Crippen molar-refractivity contribution in [3.63, 3.8) is 0 Å². The van der Waals surface area contributed by atoms with Crippen molar-refractivity contribution in [1.29, 1.82) is 0 Å². The maximum atomic E-state index is 5.42.